The SMILES string of the molecule is COc1cc(CN2CCCC2(C)C)ccc1OCC(O)CN(C)C(C)C. The van der Waals surface area contributed by atoms with Crippen molar-refractivity contribution >= 4 is 0 Å². The molecule has 1 N–H and O–H groups in total. The van der Waals surface area contributed by atoms with Crippen LogP contribution < -0.4 is 9.47 Å². The Kier molecular flexibility index (Phi) is 7.33. The van der Waals surface area contributed by atoms with Crippen LogP contribution in [0.1, 0.15) is 46.1 Å². The van der Waals surface area contributed by atoms with Gasteiger partial charge in [0.25, 0.3) is 0 Å². The smallest absolute Gasteiger partial charge is 0.161 e. The Labute approximate surface area is 158 Å². The Morgan fingerprint density at radius 2 is 2.00 bits per heavy atom. The van der Waals surface area contributed by atoms with Crippen molar-refractivity contribution < 1.29 is 14.6 Å². The lowest BCUT2D eigenvalue weighted by Gasteiger charge is -2.31. The first-order chi connectivity index (χ1) is 12.2. The monoisotopic (exact) mass is 364 g/mol. The highest BCUT2D eigenvalue weighted by molar-refractivity contribution is 5.43. The van der Waals surface area contributed by atoms with Crippen LogP contribution in [-0.4, -0.2) is 66.4 Å². The molecule has 1 heterocycles. The third-order valence-electron chi connectivity index (χ3n) is 5.49. The van der Waals surface area contributed by atoms with Crippen LogP contribution >= 0.6 is 0 Å². The second-order valence-corrected chi connectivity index (χ2v) is 8.32. The van der Waals surface area contributed by atoms with E-state index in [9.17, 15) is 5.11 Å². The molecule has 0 aromatic heterocycles. The molecule has 0 saturated carbocycles. The number of ether oxygens (including phenoxy) is 2. The van der Waals surface area contributed by atoms with Crippen LogP contribution in [0, 0.1) is 0 Å². The molecule has 1 atom stereocenters. The average molecular weight is 365 g/mol. The van der Waals surface area contributed by atoms with Crippen LogP contribution in [0.5, 0.6) is 11.5 Å². The van der Waals surface area contributed by atoms with Crippen LogP contribution in [0.4, 0.5) is 0 Å². The Bertz CT molecular complexity index is 574. The van der Waals surface area contributed by atoms with Crippen LogP contribution in [0.2, 0.25) is 0 Å². The Balaban J connectivity index is 1.95. The van der Waals surface area contributed by atoms with E-state index in [4.69, 9.17) is 9.47 Å². The van der Waals surface area contributed by atoms with Gasteiger partial charge in [0.15, 0.2) is 11.5 Å². The predicted molar refractivity (Wildman–Crippen MR) is 106 cm³/mol. The molecule has 0 spiro atoms. The lowest BCUT2D eigenvalue weighted by atomic mass is 10.0. The van der Waals surface area contributed by atoms with E-state index in [-0.39, 0.29) is 12.1 Å². The average Bonchev–Trinajstić information content (AvgIpc) is 2.91. The molecule has 2 rings (SSSR count). The molecule has 1 fully saturated rings. The van der Waals surface area contributed by atoms with Crippen LogP contribution in [0.25, 0.3) is 0 Å². The Morgan fingerprint density at radius 3 is 2.58 bits per heavy atom. The van der Waals surface area contributed by atoms with Gasteiger partial charge >= 0.3 is 0 Å². The fourth-order valence-electron chi connectivity index (χ4n) is 3.39. The van der Waals surface area contributed by atoms with Crippen molar-refractivity contribution in [2.24, 2.45) is 0 Å². The maximum atomic E-state index is 10.2. The maximum Gasteiger partial charge on any atom is 0.161 e. The third kappa shape index (κ3) is 5.60. The number of aliphatic hydroxyl groups is 1. The fourth-order valence-corrected chi connectivity index (χ4v) is 3.39. The van der Waals surface area contributed by atoms with Gasteiger partial charge in [-0.2, -0.15) is 0 Å². The summed E-state index contributed by atoms with van der Waals surface area (Å²) in [5, 5.41) is 10.2. The molecule has 5 heteroatoms. The minimum absolute atomic E-state index is 0.256. The molecule has 1 saturated heterocycles. The summed E-state index contributed by atoms with van der Waals surface area (Å²) in [6.07, 6.45) is 1.97. The van der Waals surface area contributed by atoms with Crippen LogP contribution in [0.15, 0.2) is 18.2 Å². The lowest BCUT2D eigenvalue weighted by molar-refractivity contribution is 0.0668. The van der Waals surface area contributed by atoms with E-state index >= 15 is 0 Å². The summed E-state index contributed by atoms with van der Waals surface area (Å²) in [4.78, 5) is 4.62. The summed E-state index contributed by atoms with van der Waals surface area (Å²) >= 11 is 0. The van der Waals surface area contributed by atoms with Gasteiger partial charge in [0.05, 0.1) is 7.11 Å². The van der Waals surface area contributed by atoms with Gasteiger partial charge in [-0.05, 0) is 71.8 Å². The second kappa shape index (κ2) is 9.07. The summed E-state index contributed by atoms with van der Waals surface area (Å²) in [7, 11) is 3.66. The molecule has 1 unspecified atom stereocenters. The highest BCUT2D eigenvalue weighted by Crippen LogP contribution is 2.33. The number of likely N-dealkylation sites (N-methyl/N-ethyl adjacent to an activating group) is 1. The van der Waals surface area contributed by atoms with E-state index in [0.717, 1.165) is 18.8 Å². The van der Waals surface area contributed by atoms with Gasteiger partial charge < -0.3 is 19.5 Å². The molecule has 26 heavy (non-hydrogen) atoms. The molecule has 148 valence electrons. The lowest BCUT2D eigenvalue weighted by Crippen LogP contribution is -2.37. The van der Waals surface area contributed by atoms with Gasteiger partial charge in [-0.15, -0.1) is 0 Å². The number of aliphatic hydroxyl groups excluding tert-OH is 1. The number of methoxy groups -OCH3 is 1. The number of likely N-dealkylation sites (tertiary alicyclic amines) is 1. The van der Waals surface area contributed by atoms with Gasteiger partial charge in [-0.1, -0.05) is 6.07 Å². The van der Waals surface area contributed by atoms with Crippen molar-refractivity contribution in [3.05, 3.63) is 23.8 Å². The third-order valence-corrected chi connectivity index (χ3v) is 5.49. The van der Waals surface area contributed by atoms with E-state index < -0.39 is 6.10 Å². The zero-order valence-electron chi connectivity index (χ0n) is 17.3. The molecule has 1 aromatic carbocycles. The zero-order valence-corrected chi connectivity index (χ0v) is 17.3. The first-order valence-corrected chi connectivity index (χ1v) is 9.66. The summed E-state index contributed by atoms with van der Waals surface area (Å²) < 4.78 is 11.3. The molecule has 1 aliphatic rings. The van der Waals surface area contributed by atoms with Crippen molar-refractivity contribution in [1.29, 1.82) is 0 Å². The number of rotatable bonds is 9. The highest BCUT2D eigenvalue weighted by Gasteiger charge is 2.31. The van der Waals surface area contributed by atoms with E-state index in [1.165, 1.54) is 18.4 Å². The van der Waals surface area contributed by atoms with Crippen LogP contribution in [-0.2, 0) is 6.54 Å². The van der Waals surface area contributed by atoms with Crippen molar-refractivity contribution in [2.45, 2.75) is 64.8 Å². The van der Waals surface area contributed by atoms with Crippen molar-refractivity contribution in [3.63, 3.8) is 0 Å². The topological polar surface area (TPSA) is 45.2 Å². The number of hydrogen-bond acceptors (Lipinski definition) is 5. The van der Waals surface area contributed by atoms with Crippen molar-refractivity contribution in [3.8, 4) is 11.5 Å². The molecule has 0 amide bonds. The minimum Gasteiger partial charge on any atom is -0.493 e. The summed E-state index contributed by atoms with van der Waals surface area (Å²) in [6, 6.07) is 6.50. The van der Waals surface area contributed by atoms with E-state index in [1.807, 2.05) is 13.1 Å². The first-order valence-electron chi connectivity index (χ1n) is 9.66. The highest BCUT2D eigenvalue weighted by atomic mass is 16.5. The molecular weight excluding hydrogens is 328 g/mol. The molecule has 5 nitrogen and oxygen atoms in total. The molecule has 0 radical (unpaired) electrons. The second-order valence-electron chi connectivity index (χ2n) is 8.32. The molecular formula is C21H36N2O3. The van der Waals surface area contributed by atoms with E-state index in [0.29, 0.717) is 18.3 Å². The van der Waals surface area contributed by atoms with Gasteiger partial charge in [0.2, 0.25) is 0 Å². The first kappa shape index (κ1) is 21.0. The number of nitrogens with zero attached hydrogens (tertiary/aromatic N) is 2. The van der Waals surface area contributed by atoms with Gasteiger partial charge in [-0.3, -0.25) is 4.90 Å². The van der Waals surface area contributed by atoms with E-state index in [2.05, 4.69) is 49.6 Å². The molecule has 0 aliphatic carbocycles. The molecule has 0 bridgehead atoms. The van der Waals surface area contributed by atoms with Gasteiger partial charge in [0, 0.05) is 24.7 Å². The quantitative estimate of drug-likeness (QED) is 0.729. The van der Waals surface area contributed by atoms with Gasteiger partial charge in [0.1, 0.15) is 12.7 Å². The normalized spacial score (nSPS) is 18.5. The molecule has 1 aliphatic heterocycles. The molecule has 1 aromatic rings. The summed E-state index contributed by atoms with van der Waals surface area (Å²) in [5.41, 5.74) is 1.49. The number of benzene rings is 1. The van der Waals surface area contributed by atoms with Crippen molar-refractivity contribution in [2.75, 3.05) is 33.9 Å². The minimum atomic E-state index is -0.530. The standard InChI is InChI=1S/C21H36N2O3/c1-16(2)22(5)14-18(24)15-26-19-9-8-17(12-20(19)25-6)13-23-11-7-10-21(23,3)4/h8-9,12,16,18,24H,7,10-11,13-15H2,1-6H3. The van der Waals surface area contributed by atoms with E-state index in [1.54, 1.807) is 7.11 Å². The van der Waals surface area contributed by atoms with Gasteiger partial charge in [-0.25, -0.2) is 0 Å². The largest absolute Gasteiger partial charge is 0.493 e. The summed E-state index contributed by atoms with van der Waals surface area (Å²) in [6.45, 7) is 11.7. The maximum absolute atomic E-state index is 10.2. The fraction of sp³-hybridized carbons (Fsp3) is 0.714. The zero-order chi connectivity index (χ0) is 19.3. The van der Waals surface area contributed by atoms with Crippen LogP contribution in [0.3, 0.4) is 0 Å². The summed E-state index contributed by atoms with van der Waals surface area (Å²) in [5.74, 6) is 1.41. The predicted octanol–water partition coefficient (Wildman–Crippen LogP) is 3.15. The Morgan fingerprint density at radius 1 is 1.27 bits per heavy atom. The van der Waals surface area contributed by atoms with Crippen molar-refractivity contribution in [1.82, 2.24) is 9.80 Å². The number of hydrogen-bond donors (Lipinski definition) is 1. The Hall–Kier alpha value is -1.30.